The van der Waals surface area contributed by atoms with Crippen molar-refractivity contribution in [1.29, 1.82) is 0 Å². The lowest BCUT2D eigenvalue weighted by Gasteiger charge is -2.27. The normalized spacial score (nSPS) is 19.5. The van der Waals surface area contributed by atoms with Crippen LogP contribution in [-0.4, -0.2) is 35.0 Å². The highest BCUT2D eigenvalue weighted by Gasteiger charge is 2.29. The molecule has 18 heavy (non-hydrogen) atoms. The molecule has 0 saturated heterocycles. The number of carboxylic acid groups (broad SMARTS) is 1. The van der Waals surface area contributed by atoms with Crippen molar-refractivity contribution in [3.8, 4) is 0 Å². The quantitative estimate of drug-likeness (QED) is 0.793. The molecule has 0 bridgehead atoms. The summed E-state index contributed by atoms with van der Waals surface area (Å²) in [7, 11) is 1.60. The third kappa shape index (κ3) is 3.72. The molecular weight excluding hydrogens is 230 g/mol. The molecule has 1 aliphatic rings. The zero-order chi connectivity index (χ0) is 13.7. The van der Waals surface area contributed by atoms with Crippen molar-refractivity contribution in [1.82, 2.24) is 4.90 Å². The van der Waals surface area contributed by atoms with Crippen molar-refractivity contribution in [2.75, 3.05) is 7.05 Å². The minimum absolute atomic E-state index is 0.0140. The molecule has 1 rings (SSSR count). The molecule has 0 aromatic carbocycles. The number of nitrogens with zero attached hydrogens (tertiary/aromatic N) is 1. The number of rotatable bonds is 6. The second kappa shape index (κ2) is 6.76. The Morgan fingerprint density at radius 2 is 1.89 bits per heavy atom. The van der Waals surface area contributed by atoms with Gasteiger partial charge in [0.25, 0.3) is 0 Å². The minimum atomic E-state index is -0.943. The standard InChI is InChI=1S/C14H25NO3/c1-4-12(9-11-7-5-6-8-11)13(16)15(3)10(2)14(17)18/h10-12H,4-9H2,1-3H3,(H,17,18). The van der Waals surface area contributed by atoms with E-state index < -0.39 is 12.0 Å². The van der Waals surface area contributed by atoms with Crippen LogP contribution in [0.2, 0.25) is 0 Å². The fourth-order valence-corrected chi connectivity index (χ4v) is 2.74. The Morgan fingerprint density at radius 3 is 2.33 bits per heavy atom. The van der Waals surface area contributed by atoms with Crippen LogP contribution >= 0.6 is 0 Å². The van der Waals surface area contributed by atoms with Gasteiger partial charge < -0.3 is 10.0 Å². The van der Waals surface area contributed by atoms with Crippen LogP contribution in [0.3, 0.4) is 0 Å². The third-order valence-electron chi connectivity index (χ3n) is 4.22. The molecule has 0 spiro atoms. The Balaban J connectivity index is 2.57. The van der Waals surface area contributed by atoms with E-state index in [1.165, 1.54) is 30.6 Å². The Morgan fingerprint density at radius 1 is 1.33 bits per heavy atom. The summed E-state index contributed by atoms with van der Waals surface area (Å²) in [5.74, 6) is -0.312. The van der Waals surface area contributed by atoms with Gasteiger partial charge >= 0.3 is 5.97 Å². The highest BCUT2D eigenvalue weighted by atomic mass is 16.4. The summed E-state index contributed by atoms with van der Waals surface area (Å²) in [5.41, 5.74) is 0. The van der Waals surface area contributed by atoms with Gasteiger partial charge in [0, 0.05) is 13.0 Å². The Labute approximate surface area is 109 Å². The van der Waals surface area contributed by atoms with Crippen molar-refractivity contribution < 1.29 is 14.7 Å². The van der Waals surface area contributed by atoms with E-state index >= 15 is 0 Å². The van der Waals surface area contributed by atoms with Gasteiger partial charge in [-0.2, -0.15) is 0 Å². The molecular formula is C14H25NO3. The summed E-state index contributed by atoms with van der Waals surface area (Å²) in [5, 5.41) is 8.95. The summed E-state index contributed by atoms with van der Waals surface area (Å²) in [6, 6.07) is -0.741. The topological polar surface area (TPSA) is 57.6 Å². The van der Waals surface area contributed by atoms with Crippen molar-refractivity contribution >= 4 is 11.9 Å². The average molecular weight is 255 g/mol. The zero-order valence-corrected chi connectivity index (χ0v) is 11.7. The second-order valence-electron chi connectivity index (χ2n) is 5.45. The Hall–Kier alpha value is -1.06. The molecule has 0 aliphatic heterocycles. The van der Waals surface area contributed by atoms with Gasteiger partial charge in [-0.1, -0.05) is 32.6 Å². The van der Waals surface area contributed by atoms with E-state index in [1.807, 2.05) is 6.92 Å². The number of carboxylic acids is 1. The lowest BCUT2D eigenvalue weighted by Crippen LogP contribution is -2.43. The van der Waals surface area contributed by atoms with Gasteiger partial charge in [0.15, 0.2) is 0 Å². The van der Waals surface area contributed by atoms with Crippen LogP contribution in [0.1, 0.15) is 52.4 Å². The minimum Gasteiger partial charge on any atom is -0.480 e. The van der Waals surface area contributed by atoms with Gasteiger partial charge in [-0.25, -0.2) is 4.79 Å². The van der Waals surface area contributed by atoms with Crippen molar-refractivity contribution in [2.45, 2.75) is 58.4 Å². The molecule has 1 N–H and O–H groups in total. The zero-order valence-electron chi connectivity index (χ0n) is 11.7. The number of hydrogen-bond acceptors (Lipinski definition) is 2. The van der Waals surface area contributed by atoms with Crippen LogP contribution in [0.5, 0.6) is 0 Å². The van der Waals surface area contributed by atoms with Gasteiger partial charge in [-0.3, -0.25) is 4.79 Å². The lowest BCUT2D eigenvalue weighted by atomic mass is 9.90. The molecule has 4 heteroatoms. The first kappa shape index (κ1) is 15.0. The van der Waals surface area contributed by atoms with Crippen LogP contribution in [0, 0.1) is 11.8 Å². The molecule has 0 heterocycles. The van der Waals surface area contributed by atoms with Crippen LogP contribution in [0.15, 0.2) is 0 Å². The Kier molecular flexibility index (Phi) is 5.63. The van der Waals surface area contributed by atoms with Crippen molar-refractivity contribution in [3.05, 3.63) is 0 Å². The Bertz CT molecular complexity index is 297. The van der Waals surface area contributed by atoms with Gasteiger partial charge in [0.2, 0.25) is 5.91 Å². The molecule has 0 radical (unpaired) electrons. The first-order chi connectivity index (χ1) is 8.47. The van der Waals surface area contributed by atoms with Crippen molar-refractivity contribution in [2.24, 2.45) is 11.8 Å². The number of aliphatic carboxylic acids is 1. The highest BCUT2D eigenvalue weighted by Crippen LogP contribution is 2.32. The fourth-order valence-electron chi connectivity index (χ4n) is 2.74. The molecule has 0 aromatic heterocycles. The van der Waals surface area contributed by atoms with Crippen LogP contribution in [0.4, 0.5) is 0 Å². The SMILES string of the molecule is CCC(CC1CCCC1)C(=O)N(C)C(C)C(=O)O. The molecule has 1 fully saturated rings. The number of carbonyl (C=O) groups excluding carboxylic acids is 1. The predicted octanol–water partition coefficient (Wildman–Crippen LogP) is 2.52. The van der Waals surface area contributed by atoms with E-state index in [1.54, 1.807) is 14.0 Å². The average Bonchev–Trinajstić information content (AvgIpc) is 2.85. The van der Waals surface area contributed by atoms with Crippen LogP contribution in [-0.2, 0) is 9.59 Å². The molecule has 0 aromatic rings. The van der Waals surface area contributed by atoms with E-state index in [9.17, 15) is 9.59 Å². The first-order valence-corrected chi connectivity index (χ1v) is 6.96. The monoisotopic (exact) mass is 255 g/mol. The lowest BCUT2D eigenvalue weighted by molar-refractivity contribution is -0.150. The maximum Gasteiger partial charge on any atom is 0.326 e. The predicted molar refractivity (Wildman–Crippen MR) is 70.2 cm³/mol. The smallest absolute Gasteiger partial charge is 0.326 e. The summed E-state index contributed by atoms with van der Waals surface area (Å²) in [6.45, 7) is 3.57. The summed E-state index contributed by atoms with van der Waals surface area (Å²) in [4.78, 5) is 24.6. The summed E-state index contributed by atoms with van der Waals surface area (Å²) >= 11 is 0. The molecule has 2 atom stereocenters. The van der Waals surface area contributed by atoms with E-state index in [0.717, 1.165) is 12.8 Å². The third-order valence-corrected chi connectivity index (χ3v) is 4.22. The number of amides is 1. The number of likely N-dealkylation sites (N-methyl/N-ethyl adjacent to an activating group) is 1. The van der Waals surface area contributed by atoms with Gasteiger partial charge in [-0.15, -0.1) is 0 Å². The van der Waals surface area contributed by atoms with E-state index in [2.05, 4.69) is 0 Å². The molecule has 1 aliphatic carbocycles. The molecule has 2 unspecified atom stereocenters. The van der Waals surface area contributed by atoms with E-state index in [4.69, 9.17) is 5.11 Å². The van der Waals surface area contributed by atoms with Gasteiger partial charge in [0.05, 0.1) is 0 Å². The number of hydrogen-bond donors (Lipinski definition) is 1. The molecule has 104 valence electrons. The first-order valence-electron chi connectivity index (χ1n) is 6.96. The second-order valence-corrected chi connectivity index (χ2v) is 5.45. The maximum atomic E-state index is 12.3. The molecule has 4 nitrogen and oxygen atoms in total. The van der Waals surface area contributed by atoms with Crippen LogP contribution < -0.4 is 0 Å². The molecule has 1 saturated carbocycles. The number of carbonyl (C=O) groups is 2. The summed E-state index contributed by atoms with van der Waals surface area (Å²) < 4.78 is 0. The summed E-state index contributed by atoms with van der Waals surface area (Å²) in [6.07, 6.45) is 6.72. The van der Waals surface area contributed by atoms with Gasteiger partial charge in [-0.05, 0) is 25.7 Å². The van der Waals surface area contributed by atoms with E-state index in [-0.39, 0.29) is 11.8 Å². The van der Waals surface area contributed by atoms with Gasteiger partial charge in [0.1, 0.15) is 6.04 Å². The van der Waals surface area contributed by atoms with Crippen LogP contribution in [0.25, 0.3) is 0 Å². The largest absolute Gasteiger partial charge is 0.480 e. The van der Waals surface area contributed by atoms with E-state index in [0.29, 0.717) is 5.92 Å². The highest BCUT2D eigenvalue weighted by molar-refractivity contribution is 5.84. The maximum absolute atomic E-state index is 12.3. The molecule has 1 amide bonds. The van der Waals surface area contributed by atoms with Crippen molar-refractivity contribution in [3.63, 3.8) is 0 Å². The fraction of sp³-hybridized carbons (Fsp3) is 0.857.